The number of rotatable bonds is 4. The summed E-state index contributed by atoms with van der Waals surface area (Å²) in [6.07, 6.45) is 0.936. The number of carbonyl (C=O) groups is 2. The van der Waals surface area contributed by atoms with Crippen molar-refractivity contribution in [2.45, 2.75) is 6.92 Å². The summed E-state index contributed by atoms with van der Waals surface area (Å²) in [5, 5.41) is 0. The lowest BCUT2D eigenvalue weighted by Gasteiger charge is -2.08. The molecule has 1 aromatic carbocycles. The van der Waals surface area contributed by atoms with Gasteiger partial charge in [-0.15, -0.1) is 0 Å². The van der Waals surface area contributed by atoms with E-state index in [0.717, 1.165) is 11.6 Å². The molecule has 0 heterocycles. The molecule has 0 atom stereocenters. The van der Waals surface area contributed by atoms with E-state index in [1.807, 2.05) is 19.1 Å². The third kappa shape index (κ3) is 3.93. The van der Waals surface area contributed by atoms with Gasteiger partial charge in [0.15, 0.2) is 0 Å². The van der Waals surface area contributed by atoms with E-state index in [0.29, 0.717) is 5.75 Å². The maximum atomic E-state index is 11.4. The van der Waals surface area contributed by atoms with Gasteiger partial charge in [-0.25, -0.2) is 9.59 Å². The van der Waals surface area contributed by atoms with Crippen molar-refractivity contribution in [3.05, 3.63) is 41.7 Å². The normalized spacial score (nSPS) is 10.7. The van der Waals surface area contributed by atoms with Crippen molar-refractivity contribution < 1.29 is 23.8 Å². The van der Waals surface area contributed by atoms with E-state index in [2.05, 4.69) is 9.47 Å². The van der Waals surface area contributed by atoms with Gasteiger partial charge in [-0.3, -0.25) is 0 Å². The van der Waals surface area contributed by atoms with Crippen molar-refractivity contribution in [2.75, 3.05) is 14.2 Å². The molecule has 0 saturated carbocycles. The molecule has 0 spiro atoms. The van der Waals surface area contributed by atoms with E-state index < -0.39 is 11.9 Å². The van der Waals surface area contributed by atoms with Crippen LogP contribution in [0.5, 0.6) is 5.75 Å². The van der Waals surface area contributed by atoms with Gasteiger partial charge in [0.1, 0.15) is 5.75 Å². The number of hydrogen-bond acceptors (Lipinski definition) is 5. The SMILES string of the molecule is COC(=O)/C=C(/Oc1ccc(C)cc1)C(=O)OC. The highest BCUT2D eigenvalue weighted by Crippen LogP contribution is 2.15. The number of esters is 2. The average Bonchev–Trinajstić information content (AvgIpc) is 2.39. The first kappa shape index (κ1) is 13.8. The van der Waals surface area contributed by atoms with E-state index in [9.17, 15) is 9.59 Å². The third-order valence-electron chi connectivity index (χ3n) is 2.09. The van der Waals surface area contributed by atoms with Crippen LogP contribution in [0, 0.1) is 6.92 Å². The van der Waals surface area contributed by atoms with Crippen LogP contribution >= 0.6 is 0 Å². The van der Waals surface area contributed by atoms with Crippen LogP contribution in [0.3, 0.4) is 0 Å². The molecule has 1 aromatic rings. The molecule has 0 amide bonds. The Kier molecular flexibility index (Phi) is 4.92. The summed E-state index contributed by atoms with van der Waals surface area (Å²) in [6.45, 7) is 1.93. The molecule has 1 rings (SSSR count). The lowest BCUT2D eigenvalue weighted by atomic mass is 10.2. The zero-order valence-electron chi connectivity index (χ0n) is 10.4. The van der Waals surface area contributed by atoms with E-state index in [1.165, 1.54) is 14.2 Å². The largest absolute Gasteiger partial charge is 0.466 e. The Balaban J connectivity index is 2.91. The van der Waals surface area contributed by atoms with Crippen LogP contribution in [0.1, 0.15) is 5.56 Å². The summed E-state index contributed by atoms with van der Waals surface area (Å²) in [4.78, 5) is 22.5. The summed E-state index contributed by atoms with van der Waals surface area (Å²) in [7, 11) is 2.41. The Morgan fingerprint density at radius 1 is 1.06 bits per heavy atom. The predicted molar refractivity (Wildman–Crippen MR) is 63.9 cm³/mol. The number of methoxy groups -OCH3 is 2. The van der Waals surface area contributed by atoms with Crippen LogP contribution in [0.25, 0.3) is 0 Å². The van der Waals surface area contributed by atoms with Crippen molar-refractivity contribution in [2.24, 2.45) is 0 Å². The molecule has 18 heavy (non-hydrogen) atoms. The topological polar surface area (TPSA) is 61.8 Å². The first-order chi connectivity index (χ1) is 8.56. The van der Waals surface area contributed by atoms with Gasteiger partial charge in [0.2, 0.25) is 5.76 Å². The molecule has 0 bridgehead atoms. The minimum Gasteiger partial charge on any atom is -0.466 e. The van der Waals surface area contributed by atoms with Gasteiger partial charge in [0.25, 0.3) is 0 Å². The Morgan fingerprint density at radius 3 is 2.17 bits per heavy atom. The summed E-state index contributed by atoms with van der Waals surface area (Å²) in [6, 6.07) is 7.01. The second-order valence-corrected chi connectivity index (χ2v) is 3.44. The monoisotopic (exact) mass is 250 g/mol. The highest BCUT2D eigenvalue weighted by Gasteiger charge is 2.15. The fraction of sp³-hybridized carbons (Fsp3) is 0.231. The third-order valence-corrected chi connectivity index (χ3v) is 2.09. The van der Waals surface area contributed by atoms with Crippen LogP contribution in [-0.4, -0.2) is 26.2 Å². The predicted octanol–water partition coefficient (Wildman–Crippen LogP) is 1.60. The Labute approximate surface area is 105 Å². The minimum atomic E-state index is -0.749. The molecule has 0 N–H and O–H groups in total. The number of aryl methyl sites for hydroxylation is 1. The quantitative estimate of drug-likeness (QED) is 0.461. The smallest absolute Gasteiger partial charge is 0.374 e. The van der Waals surface area contributed by atoms with Crippen molar-refractivity contribution in [1.82, 2.24) is 0 Å². The zero-order chi connectivity index (χ0) is 13.5. The first-order valence-corrected chi connectivity index (χ1v) is 5.19. The molecular weight excluding hydrogens is 236 g/mol. The van der Waals surface area contributed by atoms with Gasteiger partial charge in [-0.1, -0.05) is 17.7 Å². The zero-order valence-corrected chi connectivity index (χ0v) is 10.4. The van der Waals surface area contributed by atoms with Crippen LogP contribution < -0.4 is 4.74 Å². The summed E-state index contributed by atoms with van der Waals surface area (Å²) in [5.41, 5.74) is 1.05. The Bertz CT molecular complexity index is 459. The minimum absolute atomic E-state index is 0.229. The van der Waals surface area contributed by atoms with Crippen LogP contribution in [0.4, 0.5) is 0 Å². The second kappa shape index (κ2) is 6.44. The highest BCUT2D eigenvalue weighted by molar-refractivity contribution is 5.95. The molecule has 5 nitrogen and oxygen atoms in total. The molecule has 5 heteroatoms. The fourth-order valence-corrected chi connectivity index (χ4v) is 1.13. The molecule has 0 aromatic heterocycles. The van der Waals surface area contributed by atoms with Gasteiger partial charge in [0.05, 0.1) is 20.3 Å². The van der Waals surface area contributed by atoms with E-state index in [-0.39, 0.29) is 5.76 Å². The molecule has 0 fully saturated rings. The van der Waals surface area contributed by atoms with Gasteiger partial charge >= 0.3 is 11.9 Å². The molecule has 96 valence electrons. The summed E-state index contributed by atoms with van der Waals surface area (Å²) in [5.74, 6) is -1.24. The Hall–Kier alpha value is -2.30. The maximum absolute atomic E-state index is 11.4. The maximum Gasteiger partial charge on any atom is 0.374 e. The summed E-state index contributed by atoms with van der Waals surface area (Å²) < 4.78 is 14.2. The van der Waals surface area contributed by atoms with Crippen LogP contribution in [0.15, 0.2) is 36.1 Å². The van der Waals surface area contributed by atoms with Gasteiger partial charge in [-0.05, 0) is 19.1 Å². The average molecular weight is 250 g/mol. The van der Waals surface area contributed by atoms with E-state index in [1.54, 1.807) is 12.1 Å². The van der Waals surface area contributed by atoms with Crippen LogP contribution in [0.2, 0.25) is 0 Å². The Morgan fingerprint density at radius 2 is 1.67 bits per heavy atom. The standard InChI is InChI=1S/C13H14O5/c1-9-4-6-10(7-5-9)18-11(13(15)17-3)8-12(14)16-2/h4-8H,1-3H3/b11-8+. The van der Waals surface area contributed by atoms with Gasteiger partial charge < -0.3 is 14.2 Å². The molecular formula is C13H14O5. The molecule has 0 radical (unpaired) electrons. The molecule has 0 unspecified atom stereocenters. The van der Waals surface area contributed by atoms with E-state index in [4.69, 9.17) is 4.74 Å². The van der Waals surface area contributed by atoms with Crippen molar-refractivity contribution in [3.8, 4) is 5.75 Å². The van der Waals surface area contributed by atoms with E-state index >= 15 is 0 Å². The highest BCUT2D eigenvalue weighted by atomic mass is 16.6. The first-order valence-electron chi connectivity index (χ1n) is 5.19. The number of hydrogen-bond donors (Lipinski definition) is 0. The second-order valence-electron chi connectivity index (χ2n) is 3.44. The lowest BCUT2D eigenvalue weighted by Crippen LogP contribution is -2.13. The van der Waals surface area contributed by atoms with Crippen molar-refractivity contribution in [1.29, 1.82) is 0 Å². The number of ether oxygens (including phenoxy) is 3. The molecule has 0 aliphatic carbocycles. The van der Waals surface area contributed by atoms with Crippen LogP contribution in [-0.2, 0) is 19.1 Å². The van der Waals surface area contributed by atoms with Gasteiger partial charge in [0, 0.05) is 0 Å². The number of carbonyl (C=O) groups excluding carboxylic acids is 2. The molecule has 0 aliphatic rings. The lowest BCUT2D eigenvalue weighted by molar-refractivity contribution is -0.140. The number of benzene rings is 1. The van der Waals surface area contributed by atoms with Crippen molar-refractivity contribution in [3.63, 3.8) is 0 Å². The molecule has 0 saturated heterocycles. The van der Waals surface area contributed by atoms with Crippen molar-refractivity contribution >= 4 is 11.9 Å². The fourth-order valence-electron chi connectivity index (χ4n) is 1.13. The molecule has 0 aliphatic heterocycles. The summed E-state index contributed by atoms with van der Waals surface area (Å²) >= 11 is 0. The van der Waals surface area contributed by atoms with Gasteiger partial charge in [-0.2, -0.15) is 0 Å².